The van der Waals surface area contributed by atoms with Crippen LogP contribution in [0.15, 0.2) is 30.3 Å². The lowest BCUT2D eigenvalue weighted by Gasteiger charge is -2.51. The lowest BCUT2D eigenvalue weighted by Crippen LogP contribution is -2.61. The summed E-state index contributed by atoms with van der Waals surface area (Å²) in [5, 5.41) is 0. The SMILES string of the molecule is CC(CN)(C1CC1)N1CC(c2ccccc2)C1. The van der Waals surface area contributed by atoms with Crippen molar-refractivity contribution in [1.82, 2.24) is 4.90 Å². The smallest absolute Gasteiger partial charge is 0.0332 e. The molecule has 92 valence electrons. The second kappa shape index (κ2) is 4.11. The Morgan fingerprint density at radius 3 is 2.41 bits per heavy atom. The van der Waals surface area contributed by atoms with E-state index in [-0.39, 0.29) is 5.54 Å². The fraction of sp³-hybridized carbons (Fsp3) is 0.600. The van der Waals surface area contributed by atoms with Gasteiger partial charge in [0.25, 0.3) is 0 Å². The van der Waals surface area contributed by atoms with Gasteiger partial charge in [0.1, 0.15) is 0 Å². The van der Waals surface area contributed by atoms with Crippen molar-refractivity contribution in [2.24, 2.45) is 11.7 Å². The summed E-state index contributed by atoms with van der Waals surface area (Å²) >= 11 is 0. The molecule has 2 aliphatic rings. The van der Waals surface area contributed by atoms with Gasteiger partial charge in [0.05, 0.1) is 0 Å². The number of nitrogens with zero attached hydrogens (tertiary/aromatic N) is 1. The molecule has 0 aromatic heterocycles. The quantitative estimate of drug-likeness (QED) is 0.859. The van der Waals surface area contributed by atoms with E-state index < -0.39 is 0 Å². The van der Waals surface area contributed by atoms with Gasteiger partial charge in [-0.25, -0.2) is 0 Å². The third kappa shape index (κ3) is 1.90. The third-order valence-corrected chi connectivity index (χ3v) is 4.75. The van der Waals surface area contributed by atoms with E-state index in [1.165, 1.54) is 31.5 Å². The molecule has 1 atom stereocenters. The Hall–Kier alpha value is -0.860. The number of hydrogen-bond donors (Lipinski definition) is 1. The zero-order chi connectivity index (χ0) is 11.9. The summed E-state index contributed by atoms with van der Waals surface area (Å²) in [5.74, 6) is 1.57. The fourth-order valence-electron chi connectivity index (χ4n) is 3.09. The maximum atomic E-state index is 6.00. The van der Waals surface area contributed by atoms with Gasteiger partial charge in [0.15, 0.2) is 0 Å². The first-order valence-electron chi connectivity index (χ1n) is 6.74. The van der Waals surface area contributed by atoms with Crippen LogP contribution in [0.2, 0.25) is 0 Å². The van der Waals surface area contributed by atoms with E-state index >= 15 is 0 Å². The molecule has 1 aliphatic carbocycles. The first kappa shape index (κ1) is 11.2. The van der Waals surface area contributed by atoms with Crippen LogP contribution in [0.1, 0.15) is 31.2 Å². The zero-order valence-corrected chi connectivity index (χ0v) is 10.6. The van der Waals surface area contributed by atoms with E-state index in [2.05, 4.69) is 42.2 Å². The Balaban J connectivity index is 1.64. The average Bonchev–Trinajstić information content (AvgIpc) is 3.12. The third-order valence-electron chi connectivity index (χ3n) is 4.75. The van der Waals surface area contributed by atoms with Crippen molar-refractivity contribution in [1.29, 1.82) is 0 Å². The van der Waals surface area contributed by atoms with Crippen LogP contribution in [0, 0.1) is 5.92 Å². The average molecular weight is 230 g/mol. The summed E-state index contributed by atoms with van der Waals surface area (Å²) in [7, 11) is 0. The topological polar surface area (TPSA) is 29.3 Å². The number of nitrogens with two attached hydrogens (primary N) is 1. The van der Waals surface area contributed by atoms with Gasteiger partial charge in [-0.05, 0) is 31.2 Å². The molecular formula is C15H22N2. The van der Waals surface area contributed by atoms with Crippen LogP contribution in [-0.2, 0) is 0 Å². The maximum absolute atomic E-state index is 6.00. The second-order valence-corrected chi connectivity index (χ2v) is 5.85. The Morgan fingerprint density at radius 2 is 1.88 bits per heavy atom. The van der Waals surface area contributed by atoms with Gasteiger partial charge in [0, 0.05) is 31.1 Å². The van der Waals surface area contributed by atoms with Crippen LogP contribution in [0.25, 0.3) is 0 Å². The van der Waals surface area contributed by atoms with E-state index in [1.54, 1.807) is 0 Å². The molecule has 3 rings (SSSR count). The van der Waals surface area contributed by atoms with Crippen LogP contribution in [0.5, 0.6) is 0 Å². The monoisotopic (exact) mass is 230 g/mol. The van der Waals surface area contributed by atoms with Crippen molar-refractivity contribution in [2.45, 2.75) is 31.2 Å². The molecule has 2 N–H and O–H groups in total. The number of benzene rings is 1. The molecule has 1 aromatic rings. The van der Waals surface area contributed by atoms with Crippen molar-refractivity contribution in [3.63, 3.8) is 0 Å². The minimum Gasteiger partial charge on any atom is -0.329 e. The van der Waals surface area contributed by atoms with Gasteiger partial charge in [0.2, 0.25) is 0 Å². The fourth-order valence-corrected chi connectivity index (χ4v) is 3.09. The Kier molecular flexibility index (Phi) is 2.72. The molecule has 2 nitrogen and oxygen atoms in total. The zero-order valence-electron chi connectivity index (χ0n) is 10.6. The Labute approximate surface area is 104 Å². The molecule has 1 saturated heterocycles. The van der Waals surface area contributed by atoms with E-state index in [4.69, 9.17) is 5.73 Å². The normalized spacial score (nSPS) is 25.3. The molecule has 0 bridgehead atoms. The predicted octanol–water partition coefficient (Wildman–Crippen LogP) is 2.21. The minimum atomic E-state index is 0.269. The van der Waals surface area contributed by atoms with Crippen molar-refractivity contribution < 1.29 is 0 Å². The molecule has 1 aromatic carbocycles. The van der Waals surface area contributed by atoms with Crippen LogP contribution < -0.4 is 5.73 Å². The van der Waals surface area contributed by atoms with Gasteiger partial charge >= 0.3 is 0 Å². The van der Waals surface area contributed by atoms with E-state index in [0.29, 0.717) is 0 Å². The maximum Gasteiger partial charge on any atom is 0.0332 e. The molecule has 1 heterocycles. The highest BCUT2D eigenvalue weighted by molar-refractivity contribution is 5.24. The van der Waals surface area contributed by atoms with E-state index in [1.807, 2.05) is 0 Å². The molecule has 2 fully saturated rings. The molecule has 2 heteroatoms. The van der Waals surface area contributed by atoms with Crippen molar-refractivity contribution >= 4 is 0 Å². The number of rotatable bonds is 4. The van der Waals surface area contributed by atoms with Gasteiger partial charge in [-0.15, -0.1) is 0 Å². The molecule has 0 radical (unpaired) electrons. The first-order chi connectivity index (χ1) is 8.24. The number of likely N-dealkylation sites (tertiary alicyclic amines) is 1. The van der Waals surface area contributed by atoms with Crippen LogP contribution in [-0.4, -0.2) is 30.1 Å². The largest absolute Gasteiger partial charge is 0.329 e. The van der Waals surface area contributed by atoms with Crippen molar-refractivity contribution in [2.75, 3.05) is 19.6 Å². The molecule has 1 saturated carbocycles. The summed E-state index contributed by atoms with van der Waals surface area (Å²) in [6.07, 6.45) is 2.75. The second-order valence-electron chi connectivity index (χ2n) is 5.85. The van der Waals surface area contributed by atoms with Crippen LogP contribution >= 0.6 is 0 Å². The molecule has 0 amide bonds. The molecule has 1 unspecified atom stereocenters. The molecule has 1 aliphatic heterocycles. The summed E-state index contributed by atoms with van der Waals surface area (Å²) < 4.78 is 0. The summed E-state index contributed by atoms with van der Waals surface area (Å²) in [6.45, 7) is 5.54. The molecule has 17 heavy (non-hydrogen) atoms. The lowest BCUT2D eigenvalue weighted by molar-refractivity contribution is 0.0134. The van der Waals surface area contributed by atoms with Gasteiger partial charge < -0.3 is 5.73 Å². The van der Waals surface area contributed by atoms with E-state index in [0.717, 1.165) is 18.4 Å². The Morgan fingerprint density at radius 1 is 1.24 bits per heavy atom. The highest BCUT2D eigenvalue weighted by Crippen LogP contribution is 2.46. The Bertz CT molecular complexity index is 379. The summed E-state index contributed by atoms with van der Waals surface area (Å²) in [6, 6.07) is 10.9. The highest BCUT2D eigenvalue weighted by Gasteiger charge is 2.48. The van der Waals surface area contributed by atoms with Crippen LogP contribution in [0.4, 0.5) is 0 Å². The molecular weight excluding hydrogens is 208 g/mol. The highest BCUT2D eigenvalue weighted by atomic mass is 15.3. The van der Waals surface area contributed by atoms with Gasteiger partial charge in [-0.2, -0.15) is 0 Å². The first-order valence-corrected chi connectivity index (χ1v) is 6.74. The van der Waals surface area contributed by atoms with E-state index in [9.17, 15) is 0 Å². The lowest BCUT2D eigenvalue weighted by atomic mass is 9.83. The molecule has 0 spiro atoms. The summed E-state index contributed by atoms with van der Waals surface area (Å²) in [4.78, 5) is 2.60. The van der Waals surface area contributed by atoms with Gasteiger partial charge in [-0.3, -0.25) is 4.90 Å². The van der Waals surface area contributed by atoms with Gasteiger partial charge in [-0.1, -0.05) is 30.3 Å². The summed E-state index contributed by atoms with van der Waals surface area (Å²) in [5.41, 5.74) is 7.76. The van der Waals surface area contributed by atoms with Crippen LogP contribution in [0.3, 0.4) is 0 Å². The minimum absolute atomic E-state index is 0.269. The predicted molar refractivity (Wildman–Crippen MR) is 70.9 cm³/mol. The van der Waals surface area contributed by atoms with Crippen molar-refractivity contribution in [3.8, 4) is 0 Å². The number of hydrogen-bond acceptors (Lipinski definition) is 2. The standard InChI is InChI=1S/C15H22N2/c1-15(11-16,14-7-8-14)17-9-13(10-17)12-5-3-2-4-6-12/h2-6,13-14H,7-11,16H2,1H3. The van der Waals surface area contributed by atoms with Crippen molar-refractivity contribution in [3.05, 3.63) is 35.9 Å².